The SMILES string of the molecule is C=C[C@@H]1C[C@]1(NC(=O)[C@@H]1C[C@@H](Oc2ncc(OC)c3ccc(Cl)cc23)CN1C(=O)[C@@H](Nc1nc(-c2ccccc2O)cs1)C(C)(C)C)C(=O)NS(=O)(=O)C1CC1. The number of carbonyl (C=O) groups is 3. The number of anilines is 1. The van der Waals surface area contributed by atoms with Crippen molar-refractivity contribution < 1.29 is 37.4 Å². The van der Waals surface area contributed by atoms with Crippen molar-refractivity contribution in [3.8, 4) is 28.6 Å². The van der Waals surface area contributed by atoms with Crippen molar-refractivity contribution in [3.05, 3.63) is 71.7 Å². The molecule has 7 rings (SSSR count). The van der Waals surface area contributed by atoms with Crippen molar-refractivity contribution in [2.75, 3.05) is 19.0 Å². The van der Waals surface area contributed by atoms with Gasteiger partial charge >= 0.3 is 0 Å². The van der Waals surface area contributed by atoms with Gasteiger partial charge in [0.1, 0.15) is 35.2 Å². The number of rotatable bonds is 13. The molecule has 4 N–H and O–H groups in total. The maximum Gasteiger partial charge on any atom is 0.259 e. The zero-order valence-electron chi connectivity index (χ0n) is 31.2. The molecule has 0 spiro atoms. The van der Waals surface area contributed by atoms with E-state index in [1.807, 2.05) is 20.8 Å². The molecule has 3 aliphatic rings. The first kappa shape index (κ1) is 39.3. The van der Waals surface area contributed by atoms with E-state index < -0.39 is 68.1 Å². The van der Waals surface area contributed by atoms with Crippen LogP contribution >= 0.6 is 22.9 Å². The Kier molecular flexibility index (Phi) is 10.4. The van der Waals surface area contributed by atoms with Crippen molar-refractivity contribution in [1.29, 1.82) is 0 Å². The molecule has 3 fully saturated rings. The Bertz CT molecular complexity index is 2330. The van der Waals surface area contributed by atoms with E-state index in [1.165, 1.54) is 35.6 Å². The lowest BCUT2D eigenvalue weighted by Crippen LogP contribution is -2.58. The molecule has 2 aliphatic carbocycles. The zero-order valence-corrected chi connectivity index (χ0v) is 33.6. The average molecular weight is 823 g/mol. The first-order valence-corrected chi connectivity index (χ1v) is 21.0. The lowest BCUT2D eigenvalue weighted by atomic mass is 9.85. The largest absolute Gasteiger partial charge is 0.507 e. The molecule has 0 bridgehead atoms. The number of likely N-dealkylation sites (tertiary alicyclic amines) is 1. The number of hydrogen-bond donors (Lipinski definition) is 4. The predicted octanol–water partition coefficient (Wildman–Crippen LogP) is 5.27. The summed E-state index contributed by atoms with van der Waals surface area (Å²) < 4.78 is 39.6. The highest BCUT2D eigenvalue weighted by molar-refractivity contribution is 7.91. The maximum absolute atomic E-state index is 14.8. The third-order valence-corrected chi connectivity index (χ3v) is 13.3. The molecule has 5 atom stereocenters. The van der Waals surface area contributed by atoms with Gasteiger partial charge in [0, 0.05) is 39.1 Å². The Morgan fingerprint density at radius 2 is 1.91 bits per heavy atom. The number of hydrogen-bond acceptors (Lipinski definition) is 12. The van der Waals surface area contributed by atoms with E-state index in [4.69, 9.17) is 21.1 Å². The molecule has 56 heavy (non-hydrogen) atoms. The number of sulfonamides is 1. The summed E-state index contributed by atoms with van der Waals surface area (Å²) in [5.41, 5.74) is -1.20. The smallest absolute Gasteiger partial charge is 0.259 e. The summed E-state index contributed by atoms with van der Waals surface area (Å²) in [6, 6.07) is 9.99. The minimum Gasteiger partial charge on any atom is -0.507 e. The molecule has 2 saturated carbocycles. The van der Waals surface area contributed by atoms with E-state index in [1.54, 1.807) is 47.8 Å². The Balaban J connectivity index is 1.19. The topological polar surface area (TPSA) is 189 Å². The minimum absolute atomic E-state index is 0.0235. The number of halogens is 1. The number of amides is 3. The fourth-order valence-electron chi connectivity index (χ4n) is 7.07. The number of methoxy groups -OCH3 is 1. The number of ether oxygens (including phenoxy) is 2. The van der Waals surface area contributed by atoms with E-state index in [2.05, 4.69) is 31.9 Å². The van der Waals surface area contributed by atoms with Crippen LogP contribution in [0.1, 0.15) is 46.5 Å². The quantitative estimate of drug-likeness (QED) is 0.129. The number of nitrogens with zero attached hydrogens (tertiary/aromatic N) is 3. The van der Waals surface area contributed by atoms with Crippen LogP contribution in [0, 0.1) is 11.3 Å². The highest BCUT2D eigenvalue weighted by atomic mass is 35.5. The lowest BCUT2D eigenvalue weighted by molar-refractivity contribution is -0.141. The second-order valence-corrected chi connectivity index (χ2v) is 18.7. The van der Waals surface area contributed by atoms with Gasteiger partial charge in [-0.3, -0.25) is 19.1 Å². The van der Waals surface area contributed by atoms with E-state index in [9.17, 15) is 27.9 Å². The van der Waals surface area contributed by atoms with Crippen LogP contribution in [0.3, 0.4) is 0 Å². The third kappa shape index (κ3) is 7.74. The lowest BCUT2D eigenvalue weighted by Gasteiger charge is -2.35. The molecule has 296 valence electrons. The summed E-state index contributed by atoms with van der Waals surface area (Å²) in [7, 11) is -2.38. The summed E-state index contributed by atoms with van der Waals surface area (Å²) in [4.78, 5) is 53.4. The third-order valence-electron chi connectivity index (χ3n) is 10.4. The molecule has 2 aromatic heterocycles. The van der Waals surface area contributed by atoms with Gasteiger partial charge in [-0.15, -0.1) is 17.9 Å². The molecule has 14 nitrogen and oxygen atoms in total. The molecule has 2 aromatic carbocycles. The summed E-state index contributed by atoms with van der Waals surface area (Å²) >= 11 is 7.63. The van der Waals surface area contributed by atoms with Crippen molar-refractivity contribution in [2.24, 2.45) is 11.3 Å². The monoisotopic (exact) mass is 822 g/mol. The molecule has 1 aliphatic heterocycles. The number of phenolic OH excluding ortho intramolecular Hbond substituents is 1. The van der Waals surface area contributed by atoms with Crippen molar-refractivity contribution in [1.82, 2.24) is 24.9 Å². The number of aromatic hydroxyl groups is 1. The number of aromatic nitrogens is 2. The van der Waals surface area contributed by atoms with Crippen LogP contribution in [0.15, 0.2) is 66.7 Å². The molecule has 1 saturated heterocycles. The fraction of sp³-hybridized carbons (Fsp3) is 0.410. The first-order chi connectivity index (χ1) is 26.5. The fourth-order valence-corrected chi connectivity index (χ4v) is 9.34. The number of benzene rings is 2. The number of carbonyl (C=O) groups excluding carboxylic acids is 3. The molecule has 0 radical (unpaired) electrons. The van der Waals surface area contributed by atoms with Crippen LogP contribution in [0.25, 0.3) is 22.0 Å². The molecular weight excluding hydrogens is 780 g/mol. The minimum atomic E-state index is -3.91. The van der Waals surface area contributed by atoms with Gasteiger partial charge in [0.15, 0.2) is 5.13 Å². The molecular formula is C39H43ClN6O8S2. The summed E-state index contributed by atoms with van der Waals surface area (Å²) in [5, 5.41) is 19.8. The van der Waals surface area contributed by atoms with Gasteiger partial charge in [0.05, 0.1) is 30.8 Å². The zero-order chi connectivity index (χ0) is 40.2. The highest BCUT2D eigenvalue weighted by Crippen LogP contribution is 2.46. The number of phenols is 1. The Hall–Kier alpha value is -4.93. The van der Waals surface area contributed by atoms with Gasteiger partial charge in [-0.25, -0.2) is 18.4 Å². The Morgan fingerprint density at radius 1 is 1.16 bits per heavy atom. The molecule has 3 amide bonds. The number of para-hydroxylation sites is 1. The van der Waals surface area contributed by atoms with Crippen LogP contribution in [0.2, 0.25) is 5.02 Å². The number of nitrogens with one attached hydrogen (secondary N) is 3. The van der Waals surface area contributed by atoms with Crippen LogP contribution < -0.4 is 24.8 Å². The van der Waals surface area contributed by atoms with Crippen LogP contribution in [-0.2, 0) is 24.4 Å². The van der Waals surface area contributed by atoms with Gasteiger partial charge < -0.3 is 30.1 Å². The van der Waals surface area contributed by atoms with Gasteiger partial charge in [0.2, 0.25) is 27.7 Å². The number of pyridine rings is 1. The van der Waals surface area contributed by atoms with E-state index in [-0.39, 0.29) is 31.0 Å². The molecule has 3 heterocycles. The first-order valence-electron chi connectivity index (χ1n) is 18.1. The second-order valence-electron chi connectivity index (χ2n) is 15.5. The normalized spacial score (nSPS) is 22.6. The van der Waals surface area contributed by atoms with Crippen molar-refractivity contribution in [3.63, 3.8) is 0 Å². The van der Waals surface area contributed by atoms with Gasteiger partial charge in [0.25, 0.3) is 5.91 Å². The van der Waals surface area contributed by atoms with E-state index in [0.717, 1.165) is 0 Å². The summed E-state index contributed by atoms with van der Waals surface area (Å²) in [5.74, 6) is -1.64. The number of thiazole rings is 1. The van der Waals surface area contributed by atoms with E-state index in [0.29, 0.717) is 50.8 Å². The second kappa shape index (κ2) is 14.9. The van der Waals surface area contributed by atoms with Crippen LogP contribution in [0.5, 0.6) is 17.4 Å². The van der Waals surface area contributed by atoms with Crippen LogP contribution in [0.4, 0.5) is 5.13 Å². The van der Waals surface area contributed by atoms with Crippen LogP contribution in [-0.4, -0.2) is 88.7 Å². The van der Waals surface area contributed by atoms with Gasteiger partial charge in [-0.1, -0.05) is 50.6 Å². The maximum atomic E-state index is 14.8. The predicted molar refractivity (Wildman–Crippen MR) is 213 cm³/mol. The standard InChI is InChI=1S/C39H43ClN6O8S2/c1-6-21-17-39(21,36(50)45-56(51,52)24-12-13-24)44-33(48)29-16-23(54-34-27-15-22(40)11-14-25(27)31(53-5)18-41-34)19-46(29)35(49)32(38(2,3)4)43-37-42-28(20-55-37)26-9-7-8-10-30(26)47/h6-11,14-15,18,20-21,23-24,29,32,47H,1,12-13,16-17,19H2,2-5H3,(H,42,43)(H,44,48)(H,45,50)/t21-,23-,29+,32-,39-/m1/s1. The van der Waals surface area contributed by atoms with Gasteiger partial charge in [-0.05, 0) is 55.0 Å². The molecule has 0 unspecified atom stereocenters. The number of fused-ring (bicyclic) bond motifs is 1. The average Bonchev–Trinajstić information content (AvgIpc) is 4.04. The summed E-state index contributed by atoms with van der Waals surface area (Å²) in [6.07, 6.45) is 3.37. The van der Waals surface area contributed by atoms with Gasteiger partial charge in [-0.2, -0.15) is 0 Å². The summed E-state index contributed by atoms with van der Waals surface area (Å²) in [6.45, 7) is 9.42. The van der Waals surface area contributed by atoms with Crippen molar-refractivity contribution >= 4 is 66.6 Å². The molecule has 17 heteroatoms. The van der Waals surface area contributed by atoms with Crippen molar-refractivity contribution in [2.45, 2.75) is 75.4 Å². The van der Waals surface area contributed by atoms with E-state index >= 15 is 0 Å². The Morgan fingerprint density at radius 3 is 2.57 bits per heavy atom. The Labute approximate surface area is 333 Å². The highest BCUT2D eigenvalue weighted by Gasteiger charge is 2.62. The molecule has 4 aromatic rings.